The lowest BCUT2D eigenvalue weighted by Crippen LogP contribution is -2.48. The van der Waals surface area contributed by atoms with E-state index in [1.807, 2.05) is 24.3 Å². The van der Waals surface area contributed by atoms with E-state index in [0.29, 0.717) is 53.2 Å². The monoisotopic (exact) mass is 552 g/mol. The lowest BCUT2D eigenvalue weighted by atomic mass is 10.2. The van der Waals surface area contributed by atoms with Gasteiger partial charge in [0, 0.05) is 31.7 Å². The molecule has 184 valence electrons. The summed E-state index contributed by atoms with van der Waals surface area (Å²) in [7, 11) is -3.22. The molecule has 1 aliphatic rings. The van der Waals surface area contributed by atoms with Crippen molar-refractivity contribution in [3.8, 4) is 11.3 Å². The average molecular weight is 553 g/mol. The lowest BCUT2D eigenvalue weighted by Gasteiger charge is -2.35. The third-order valence-corrected chi connectivity index (χ3v) is 7.80. The molecule has 0 spiro atoms. The van der Waals surface area contributed by atoms with Crippen LogP contribution in [0.2, 0.25) is 10.0 Å². The molecule has 0 unspecified atom stereocenters. The van der Waals surface area contributed by atoms with E-state index < -0.39 is 15.9 Å². The highest BCUT2D eigenvalue weighted by Crippen LogP contribution is 2.34. The van der Waals surface area contributed by atoms with Gasteiger partial charge >= 0.3 is 0 Å². The van der Waals surface area contributed by atoms with Crippen molar-refractivity contribution in [3.05, 3.63) is 70.4 Å². The van der Waals surface area contributed by atoms with Gasteiger partial charge in [-0.2, -0.15) is 4.31 Å². The largest absolute Gasteiger partial charge is 0.451 e. The van der Waals surface area contributed by atoms with Gasteiger partial charge in [0.15, 0.2) is 10.9 Å². The van der Waals surface area contributed by atoms with Gasteiger partial charge < -0.3 is 14.6 Å². The molecule has 1 aromatic heterocycles. The molecule has 2 N–H and O–H groups in total. The molecule has 0 bridgehead atoms. The molecule has 3 aromatic rings. The number of piperazine rings is 1. The molecular weight excluding hydrogens is 531 g/mol. The third-order valence-electron chi connectivity index (χ3n) is 5.47. The number of hydrogen-bond acceptors (Lipinski definition) is 6. The van der Waals surface area contributed by atoms with E-state index in [-0.39, 0.29) is 10.9 Å². The molecule has 12 heteroatoms. The maximum atomic E-state index is 12.7. The number of para-hydroxylation sites is 2. The number of benzene rings is 2. The highest BCUT2D eigenvalue weighted by Gasteiger charge is 2.25. The Labute approximate surface area is 218 Å². The van der Waals surface area contributed by atoms with Crippen molar-refractivity contribution < 1.29 is 17.6 Å². The Balaban J connectivity index is 1.41. The number of hydrogen-bond donors (Lipinski definition) is 2. The zero-order valence-electron chi connectivity index (χ0n) is 18.6. The van der Waals surface area contributed by atoms with E-state index in [9.17, 15) is 13.2 Å². The molecule has 4 rings (SSSR count). The van der Waals surface area contributed by atoms with E-state index in [2.05, 4.69) is 15.5 Å². The summed E-state index contributed by atoms with van der Waals surface area (Å²) in [5, 5.41) is 6.48. The number of halogens is 2. The van der Waals surface area contributed by atoms with Gasteiger partial charge in [-0.05, 0) is 48.6 Å². The molecule has 0 aliphatic carbocycles. The first-order chi connectivity index (χ1) is 16.6. The number of amides is 1. The maximum Gasteiger partial charge on any atom is 0.293 e. The van der Waals surface area contributed by atoms with Crippen LogP contribution in [0.1, 0.15) is 10.6 Å². The van der Waals surface area contributed by atoms with Gasteiger partial charge in [-0.3, -0.25) is 10.1 Å². The predicted octanol–water partition coefficient (Wildman–Crippen LogP) is 4.46. The molecule has 2 aromatic carbocycles. The van der Waals surface area contributed by atoms with Crippen LogP contribution in [-0.4, -0.2) is 56.2 Å². The number of nitrogens with zero attached hydrogens (tertiary/aromatic N) is 2. The quantitative estimate of drug-likeness (QED) is 0.451. The number of anilines is 2. The van der Waals surface area contributed by atoms with Crippen molar-refractivity contribution in [1.29, 1.82) is 0 Å². The van der Waals surface area contributed by atoms with Crippen LogP contribution in [0.25, 0.3) is 11.3 Å². The van der Waals surface area contributed by atoms with Crippen molar-refractivity contribution in [2.24, 2.45) is 0 Å². The summed E-state index contributed by atoms with van der Waals surface area (Å²) in [4.78, 5) is 14.8. The Morgan fingerprint density at radius 2 is 1.71 bits per heavy atom. The fraction of sp³-hybridized carbons (Fsp3) is 0.217. The van der Waals surface area contributed by atoms with Gasteiger partial charge in [0.25, 0.3) is 5.91 Å². The fourth-order valence-corrected chi connectivity index (χ4v) is 5.16. The van der Waals surface area contributed by atoms with Gasteiger partial charge in [-0.1, -0.05) is 41.4 Å². The number of carbonyl (C=O) groups excluding carboxylic acids is 1. The standard InChI is InChI=1S/C23H22Cl2N4O4S2/c1-35(31,32)29-13-11-28(12-14-29)18-8-3-2-7-17(18)26-23(34)27-22(30)20-10-9-19(33-20)15-5-4-6-16(24)21(15)25/h2-10H,11-14H2,1H3,(H2,26,27,30,34). The van der Waals surface area contributed by atoms with E-state index in [1.165, 1.54) is 16.6 Å². The van der Waals surface area contributed by atoms with Gasteiger partial charge in [0.05, 0.1) is 27.7 Å². The normalized spacial score (nSPS) is 14.5. The van der Waals surface area contributed by atoms with Crippen molar-refractivity contribution >= 4 is 67.8 Å². The van der Waals surface area contributed by atoms with Crippen molar-refractivity contribution in [2.75, 3.05) is 42.7 Å². The lowest BCUT2D eigenvalue weighted by molar-refractivity contribution is 0.0951. The number of furan rings is 1. The predicted molar refractivity (Wildman–Crippen MR) is 143 cm³/mol. The van der Waals surface area contributed by atoms with Crippen molar-refractivity contribution in [3.63, 3.8) is 0 Å². The minimum atomic E-state index is -3.22. The van der Waals surface area contributed by atoms with Crippen molar-refractivity contribution in [1.82, 2.24) is 9.62 Å². The first-order valence-electron chi connectivity index (χ1n) is 10.6. The number of nitrogens with one attached hydrogen (secondary N) is 2. The van der Waals surface area contributed by atoms with E-state index in [0.717, 1.165) is 5.69 Å². The highest BCUT2D eigenvalue weighted by molar-refractivity contribution is 7.88. The van der Waals surface area contributed by atoms with Crippen LogP contribution in [0.4, 0.5) is 11.4 Å². The first kappa shape index (κ1) is 25.5. The molecule has 1 amide bonds. The van der Waals surface area contributed by atoms with Crippen LogP contribution >= 0.6 is 35.4 Å². The second-order valence-corrected chi connectivity index (χ2v) is 11.0. The smallest absolute Gasteiger partial charge is 0.293 e. The molecular formula is C23H22Cl2N4O4S2. The molecule has 8 nitrogen and oxygen atoms in total. The Morgan fingerprint density at radius 3 is 2.43 bits per heavy atom. The van der Waals surface area contributed by atoms with E-state index in [4.69, 9.17) is 39.8 Å². The second kappa shape index (κ2) is 10.5. The van der Waals surface area contributed by atoms with Crippen LogP contribution < -0.4 is 15.5 Å². The number of rotatable bonds is 5. The van der Waals surface area contributed by atoms with Gasteiger partial charge in [-0.15, -0.1) is 0 Å². The summed E-state index contributed by atoms with van der Waals surface area (Å²) >= 11 is 17.7. The van der Waals surface area contributed by atoms with Crippen LogP contribution in [0.5, 0.6) is 0 Å². The minimum Gasteiger partial charge on any atom is -0.451 e. The molecule has 1 saturated heterocycles. The van der Waals surface area contributed by atoms with E-state index in [1.54, 1.807) is 24.3 Å². The average Bonchev–Trinajstić information content (AvgIpc) is 3.31. The zero-order chi connectivity index (χ0) is 25.2. The first-order valence-corrected chi connectivity index (χ1v) is 13.6. The number of sulfonamides is 1. The summed E-state index contributed by atoms with van der Waals surface area (Å²) in [6.45, 7) is 1.86. The summed E-state index contributed by atoms with van der Waals surface area (Å²) in [5.41, 5.74) is 2.12. The zero-order valence-corrected chi connectivity index (χ0v) is 21.8. The molecule has 0 saturated carbocycles. The number of carbonyl (C=O) groups is 1. The fourth-order valence-electron chi connectivity index (χ4n) is 3.73. The van der Waals surface area contributed by atoms with Crippen LogP contribution in [0, 0.1) is 0 Å². The topological polar surface area (TPSA) is 94.9 Å². The third kappa shape index (κ3) is 5.96. The van der Waals surface area contributed by atoms with Gasteiger partial charge in [-0.25, -0.2) is 8.42 Å². The number of thiocarbonyl (C=S) groups is 1. The Kier molecular flexibility index (Phi) is 7.67. The van der Waals surface area contributed by atoms with E-state index >= 15 is 0 Å². The summed E-state index contributed by atoms with van der Waals surface area (Å²) in [6, 6.07) is 15.8. The maximum absolute atomic E-state index is 12.7. The molecule has 1 fully saturated rings. The summed E-state index contributed by atoms with van der Waals surface area (Å²) < 4.78 is 30.7. The molecule has 0 atom stereocenters. The Hall–Kier alpha value is -2.63. The molecule has 35 heavy (non-hydrogen) atoms. The Bertz CT molecular complexity index is 1370. The van der Waals surface area contributed by atoms with Gasteiger partial charge in [0.1, 0.15) is 5.76 Å². The van der Waals surface area contributed by atoms with Crippen LogP contribution in [0.15, 0.2) is 59.0 Å². The Morgan fingerprint density at radius 1 is 1.00 bits per heavy atom. The minimum absolute atomic E-state index is 0.0605. The second-order valence-electron chi connectivity index (χ2n) is 7.84. The summed E-state index contributed by atoms with van der Waals surface area (Å²) in [6.07, 6.45) is 1.21. The highest BCUT2D eigenvalue weighted by atomic mass is 35.5. The van der Waals surface area contributed by atoms with Crippen LogP contribution in [0.3, 0.4) is 0 Å². The molecule has 0 radical (unpaired) electrons. The van der Waals surface area contributed by atoms with Crippen LogP contribution in [-0.2, 0) is 10.0 Å². The SMILES string of the molecule is CS(=O)(=O)N1CCN(c2ccccc2NC(=S)NC(=O)c2ccc(-c3cccc(Cl)c3Cl)o2)CC1. The van der Waals surface area contributed by atoms with Gasteiger partial charge in [0.2, 0.25) is 10.0 Å². The van der Waals surface area contributed by atoms with Crippen molar-refractivity contribution in [2.45, 2.75) is 0 Å². The molecule has 2 heterocycles. The summed E-state index contributed by atoms with van der Waals surface area (Å²) in [5.74, 6) is -0.0587. The molecule has 1 aliphatic heterocycles.